The summed E-state index contributed by atoms with van der Waals surface area (Å²) >= 11 is 0. The summed E-state index contributed by atoms with van der Waals surface area (Å²) in [4.78, 5) is 0.259. The molecule has 5 heteroatoms. The minimum atomic E-state index is -3.58. The molecule has 2 rings (SSSR count). The van der Waals surface area contributed by atoms with Gasteiger partial charge in [-0.2, -0.15) is 8.42 Å². The first kappa shape index (κ1) is 13.8. The van der Waals surface area contributed by atoms with Crippen molar-refractivity contribution >= 4 is 18.2 Å². The van der Waals surface area contributed by atoms with Crippen LogP contribution < -0.4 is 0 Å². The summed E-state index contributed by atoms with van der Waals surface area (Å²) < 4.78 is 29.4. The molecule has 1 aromatic carbocycles. The Bertz CT molecular complexity index is 528. The van der Waals surface area contributed by atoms with Crippen LogP contribution in [-0.2, 0) is 14.3 Å². The molecule has 0 amide bonds. The second kappa shape index (κ2) is 4.47. The first-order chi connectivity index (χ1) is 8.20. The fourth-order valence-corrected chi connectivity index (χ4v) is 5.45. The second-order valence-corrected chi connectivity index (χ2v) is 13.2. The summed E-state index contributed by atoms with van der Waals surface area (Å²) in [7, 11) is -4.87. The molecule has 18 heavy (non-hydrogen) atoms. The predicted molar refractivity (Wildman–Crippen MR) is 75.0 cm³/mol. The SMILES string of the molecule is Cc1ccc(S(=O)(=O)OC2CC2[Si](C)(C)C)cc1. The van der Waals surface area contributed by atoms with Gasteiger partial charge in [-0.1, -0.05) is 37.3 Å². The molecule has 1 aromatic rings. The molecule has 2 unspecified atom stereocenters. The highest BCUT2D eigenvalue weighted by atomic mass is 32.2. The molecule has 0 radical (unpaired) electrons. The molecule has 1 aliphatic carbocycles. The standard InChI is InChI=1S/C13H20O3SSi/c1-10-5-7-11(8-6-10)17(14,15)16-12-9-13(12)18(2,3)4/h5-8,12-13H,9H2,1-4H3. The molecule has 3 nitrogen and oxygen atoms in total. The number of benzene rings is 1. The van der Waals surface area contributed by atoms with Gasteiger partial charge < -0.3 is 0 Å². The van der Waals surface area contributed by atoms with E-state index in [1.54, 1.807) is 24.3 Å². The Balaban J connectivity index is 2.08. The lowest BCUT2D eigenvalue weighted by atomic mass is 10.2. The van der Waals surface area contributed by atoms with Gasteiger partial charge in [0.05, 0.1) is 19.1 Å². The highest BCUT2D eigenvalue weighted by molar-refractivity contribution is 7.86. The van der Waals surface area contributed by atoms with Gasteiger partial charge >= 0.3 is 0 Å². The minimum Gasteiger partial charge on any atom is -0.263 e. The molecule has 0 N–H and O–H groups in total. The summed E-state index contributed by atoms with van der Waals surface area (Å²) in [5, 5.41) is 0. The largest absolute Gasteiger partial charge is 0.297 e. The first-order valence-electron chi connectivity index (χ1n) is 6.20. The molecule has 1 aliphatic rings. The van der Waals surface area contributed by atoms with Crippen molar-refractivity contribution in [2.24, 2.45) is 0 Å². The average Bonchev–Trinajstić information content (AvgIpc) is 2.96. The molecule has 2 atom stereocenters. The van der Waals surface area contributed by atoms with Crippen LogP contribution in [0.4, 0.5) is 0 Å². The van der Waals surface area contributed by atoms with Crippen molar-refractivity contribution in [2.45, 2.75) is 49.5 Å². The van der Waals surface area contributed by atoms with Crippen LogP contribution in [0.2, 0.25) is 25.2 Å². The smallest absolute Gasteiger partial charge is 0.263 e. The first-order valence-corrected chi connectivity index (χ1v) is 11.2. The Morgan fingerprint density at radius 3 is 2.17 bits per heavy atom. The molecule has 1 fully saturated rings. The summed E-state index contributed by atoms with van der Waals surface area (Å²) in [6.45, 7) is 8.68. The normalized spacial score (nSPS) is 24.0. The fraction of sp³-hybridized carbons (Fsp3) is 0.538. The number of hydrogen-bond acceptors (Lipinski definition) is 3. The van der Waals surface area contributed by atoms with Gasteiger partial charge in [-0.3, -0.25) is 4.18 Å². The van der Waals surface area contributed by atoms with Crippen LogP contribution in [-0.4, -0.2) is 22.6 Å². The molecule has 0 aromatic heterocycles. The third kappa shape index (κ3) is 3.02. The quantitative estimate of drug-likeness (QED) is 0.630. The third-order valence-electron chi connectivity index (χ3n) is 3.40. The van der Waals surface area contributed by atoms with Crippen LogP contribution in [0, 0.1) is 6.92 Å². The summed E-state index contributed by atoms with van der Waals surface area (Å²) in [6.07, 6.45) is 0.795. The molecular formula is C13H20O3SSi. The summed E-state index contributed by atoms with van der Waals surface area (Å²) in [5.41, 5.74) is 1.51. The van der Waals surface area contributed by atoms with Gasteiger partial charge in [0.2, 0.25) is 0 Å². The maximum atomic E-state index is 12.1. The Morgan fingerprint density at radius 2 is 1.72 bits per heavy atom. The van der Waals surface area contributed by atoms with E-state index in [1.807, 2.05) is 6.92 Å². The molecule has 0 aliphatic heterocycles. The van der Waals surface area contributed by atoms with E-state index in [0.29, 0.717) is 5.54 Å². The number of hydrogen-bond donors (Lipinski definition) is 0. The highest BCUT2D eigenvalue weighted by Gasteiger charge is 2.49. The highest BCUT2D eigenvalue weighted by Crippen LogP contribution is 2.48. The van der Waals surface area contributed by atoms with E-state index in [1.165, 1.54) is 0 Å². The lowest BCUT2D eigenvalue weighted by Crippen LogP contribution is -2.23. The van der Waals surface area contributed by atoms with Crippen molar-refractivity contribution in [2.75, 3.05) is 0 Å². The maximum Gasteiger partial charge on any atom is 0.297 e. The molecular weight excluding hydrogens is 264 g/mol. The summed E-state index contributed by atoms with van der Waals surface area (Å²) in [6, 6.07) is 6.80. The molecule has 0 spiro atoms. The van der Waals surface area contributed by atoms with Crippen molar-refractivity contribution in [3.05, 3.63) is 29.8 Å². The van der Waals surface area contributed by atoms with E-state index in [4.69, 9.17) is 4.18 Å². The van der Waals surface area contributed by atoms with Crippen molar-refractivity contribution in [1.29, 1.82) is 0 Å². The van der Waals surface area contributed by atoms with Crippen LogP contribution in [0.25, 0.3) is 0 Å². The molecule has 1 saturated carbocycles. The monoisotopic (exact) mass is 284 g/mol. The van der Waals surface area contributed by atoms with Gasteiger partial charge in [-0.05, 0) is 31.0 Å². The lowest BCUT2D eigenvalue weighted by molar-refractivity contribution is 0.304. The molecule has 0 saturated heterocycles. The average molecular weight is 284 g/mol. The molecule has 0 bridgehead atoms. The predicted octanol–water partition coefficient (Wildman–Crippen LogP) is 3.18. The van der Waals surface area contributed by atoms with E-state index in [0.717, 1.165) is 12.0 Å². The molecule has 0 heterocycles. The van der Waals surface area contributed by atoms with E-state index < -0.39 is 18.2 Å². The van der Waals surface area contributed by atoms with Gasteiger partial charge in [0.15, 0.2) is 0 Å². The van der Waals surface area contributed by atoms with Crippen molar-refractivity contribution in [1.82, 2.24) is 0 Å². The van der Waals surface area contributed by atoms with Crippen LogP contribution in [0.15, 0.2) is 29.2 Å². The van der Waals surface area contributed by atoms with E-state index >= 15 is 0 Å². The Morgan fingerprint density at radius 1 is 1.17 bits per heavy atom. The Kier molecular flexibility index (Phi) is 3.42. The minimum absolute atomic E-state index is 0.0945. The zero-order chi connectivity index (χ0) is 13.6. The fourth-order valence-electron chi connectivity index (χ4n) is 2.11. The van der Waals surface area contributed by atoms with Crippen molar-refractivity contribution in [3.63, 3.8) is 0 Å². The zero-order valence-electron chi connectivity index (χ0n) is 11.3. The Hall–Kier alpha value is -0.653. The van der Waals surface area contributed by atoms with Crippen LogP contribution in [0.3, 0.4) is 0 Å². The number of rotatable bonds is 4. The van der Waals surface area contributed by atoms with E-state index in [-0.39, 0.29) is 11.0 Å². The lowest BCUT2D eigenvalue weighted by Gasteiger charge is -2.15. The Labute approximate surface area is 110 Å². The van der Waals surface area contributed by atoms with Gasteiger partial charge in [0.1, 0.15) is 0 Å². The van der Waals surface area contributed by atoms with E-state index in [9.17, 15) is 8.42 Å². The van der Waals surface area contributed by atoms with Gasteiger partial charge in [-0.25, -0.2) is 0 Å². The third-order valence-corrected chi connectivity index (χ3v) is 7.59. The van der Waals surface area contributed by atoms with Crippen LogP contribution >= 0.6 is 0 Å². The van der Waals surface area contributed by atoms with Gasteiger partial charge in [0, 0.05) is 0 Å². The van der Waals surface area contributed by atoms with Crippen LogP contribution in [0.1, 0.15) is 12.0 Å². The van der Waals surface area contributed by atoms with Gasteiger partial charge in [-0.15, -0.1) is 0 Å². The van der Waals surface area contributed by atoms with E-state index in [2.05, 4.69) is 19.6 Å². The topological polar surface area (TPSA) is 43.4 Å². The van der Waals surface area contributed by atoms with Crippen LogP contribution in [0.5, 0.6) is 0 Å². The van der Waals surface area contributed by atoms with Crippen molar-refractivity contribution < 1.29 is 12.6 Å². The van der Waals surface area contributed by atoms with Crippen molar-refractivity contribution in [3.8, 4) is 0 Å². The molecule has 100 valence electrons. The maximum absolute atomic E-state index is 12.1. The number of aryl methyl sites for hydroxylation is 1. The zero-order valence-corrected chi connectivity index (χ0v) is 13.1. The second-order valence-electron chi connectivity index (χ2n) is 6.11. The summed E-state index contributed by atoms with van der Waals surface area (Å²) in [5.74, 6) is 0. The van der Waals surface area contributed by atoms with Gasteiger partial charge in [0.25, 0.3) is 10.1 Å².